The van der Waals surface area contributed by atoms with Crippen molar-refractivity contribution in [1.29, 1.82) is 0 Å². The van der Waals surface area contributed by atoms with E-state index in [0.29, 0.717) is 29.4 Å². The Balaban J connectivity index is 1.66. The number of aromatic nitrogens is 4. The lowest BCUT2D eigenvalue weighted by Crippen LogP contribution is -2.28. The molecule has 158 valence electrons. The summed E-state index contributed by atoms with van der Waals surface area (Å²) in [6, 6.07) is 12.3. The van der Waals surface area contributed by atoms with Crippen molar-refractivity contribution in [3.8, 4) is 17.2 Å². The van der Waals surface area contributed by atoms with Crippen LogP contribution in [0.15, 0.2) is 48.8 Å². The minimum absolute atomic E-state index is 0.225. The first kappa shape index (κ1) is 21.3. The van der Waals surface area contributed by atoms with Crippen molar-refractivity contribution >= 4 is 11.6 Å². The van der Waals surface area contributed by atoms with Gasteiger partial charge >= 0.3 is 0 Å². The second-order valence-corrected chi connectivity index (χ2v) is 6.50. The Morgan fingerprint density at radius 2 is 1.87 bits per heavy atom. The number of methoxy groups -OCH3 is 1. The molecule has 0 fully saturated rings. The van der Waals surface area contributed by atoms with Crippen LogP contribution in [0.2, 0.25) is 0 Å². The lowest BCUT2D eigenvalue weighted by atomic mass is 10.2. The Hall–Kier alpha value is -3.46. The van der Waals surface area contributed by atoms with Crippen LogP contribution in [0.4, 0.5) is 5.69 Å². The van der Waals surface area contributed by atoms with Gasteiger partial charge in [0.2, 0.25) is 0 Å². The van der Waals surface area contributed by atoms with E-state index in [9.17, 15) is 4.79 Å². The first-order valence-corrected chi connectivity index (χ1v) is 9.82. The third-order valence-corrected chi connectivity index (χ3v) is 4.72. The van der Waals surface area contributed by atoms with Gasteiger partial charge in [0.25, 0.3) is 5.91 Å². The van der Waals surface area contributed by atoms with E-state index in [1.54, 1.807) is 49.6 Å². The molecular weight excluding hydrogens is 384 g/mol. The summed E-state index contributed by atoms with van der Waals surface area (Å²) in [5.74, 6) is 0.993. The fraction of sp³-hybridized carbons (Fsp3) is 0.333. The smallest absolute Gasteiger partial charge is 0.255 e. The zero-order chi connectivity index (χ0) is 21.3. The predicted molar refractivity (Wildman–Crippen MR) is 113 cm³/mol. The summed E-state index contributed by atoms with van der Waals surface area (Å²) in [4.78, 5) is 14.9. The largest absolute Gasteiger partial charge is 0.493 e. The van der Waals surface area contributed by atoms with E-state index < -0.39 is 0 Å². The van der Waals surface area contributed by atoms with E-state index in [1.165, 1.54) is 11.0 Å². The van der Waals surface area contributed by atoms with Gasteiger partial charge in [-0.25, -0.2) is 4.68 Å². The molecule has 9 heteroatoms. The number of hydrogen-bond donors (Lipinski definition) is 1. The maximum absolute atomic E-state index is 12.6. The van der Waals surface area contributed by atoms with Gasteiger partial charge in [-0.2, -0.15) is 0 Å². The van der Waals surface area contributed by atoms with Crippen molar-refractivity contribution in [3.05, 3.63) is 54.4 Å². The number of benzene rings is 2. The average Bonchev–Trinajstić information content (AvgIpc) is 3.32. The van der Waals surface area contributed by atoms with Crippen LogP contribution < -0.4 is 14.8 Å². The molecule has 0 radical (unpaired) electrons. The molecule has 0 spiro atoms. The van der Waals surface area contributed by atoms with Crippen molar-refractivity contribution in [1.82, 2.24) is 25.1 Å². The zero-order valence-electron chi connectivity index (χ0n) is 17.4. The molecule has 0 aliphatic heterocycles. The summed E-state index contributed by atoms with van der Waals surface area (Å²) in [6.07, 6.45) is 1.49. The molecule has 1 heterocycles. The van der Waals surface area contributed by atoms with Crippen molar-refractivity contribution in [2.75, 3.05) is 38.7 Å². The summed E-state index contributed by atoms with van der Waals surface area (Å²) in [5.41, 5.74) is 1.92. The molecule has 0 saturated heterocycles. The van der Waals surface area contributed by atoms with Crippen LogP contribution in [0.3, 0.4) is 0 Å². The van der Waals surface area contributed by atoms with Crippen molar-refractivity contribution in [3.63, 3.8) is 0 Å². The van der Waals surface area contributed by atoms with E-state index in [2.05, 4.69) is 39.6 Å². The van der Waals surface area contributed by atoms with E-state index in [4.69, 9.17) is 9.47 Å². The number of nitrogens with zero attached hydrogens (tertiary/aromatic N) is 5. The Morgan fingerprint density at radius 3 is 2.50 bits per heavy atom. The van der Waals surface area contributed by atoms with Gasteiger partial charge in [-0.15, -0.1) is 5.10 Å². The summed E-state index contributed by atoms with van der Waals surface area (Å²) >= 11 is 0. The fourth-order valence-corrected chi connectivity index (χ4v) is 2.94. The van der Waals surface area contributed by atoms with Crippen LogP contribution >= 0.6 is 0 Å². The van der Waals surface area contributed by atoms with Crippen LogP contribution in [0.1, 0.15) is 24.2 Å². The van der Waals surface area contributed by atoms with E-state index in [-0.39, 0.29) is 5.91 Å². The minimum Gasteiger partial charge on any atom is -0.493 e. The molecule has 0 saturated carbocycles. The molecule has 3 aromatic rings. The normalized spacial score (nSPS) is 10.8. The summed E-state index contributed by atoms with van der Waals surface area (Å²) < 4.78 is 12.8. The number of carbonyl (C=O) groups excluding carboxylic acids is 1. The highest BCUT2D eigenvalue weighted by Crippen LogP contribution is 2.30. The van der Waals surface area contributed by atoms with Crippen LogP contribution in [-0.2, 0) is 0 Å². The summed E-state index contributed by atoms with van der Waals surface area (Å²) in [5, 5.41) is 13.9. The molecular formula is C21H26N6O3. The summed E-state index contributed by atoms with van der Waals surface area (Å²) in [6.45, 7) is 7.54. The lowest BCUT2D eigenvalue weighted by molar-refractivity contribution is 0.102. The van der Waals surface area contributed by atoms with Gasteiger partial charge in [-0.05, 0) is 59.9 Å². The number of rotatable bonds is 10. The number of nitrogens with one attached hydrogen (secondary N) is 1. The van der Waals surface area contributed by atoms with Crippen molar-refractivity contribution in [2.45, 2.75) is 13.8 Å². The quantitative estimate of drug-likeness (QED) is 0.549. The Bertz CT molecular complexity index is 940. The number of hydrogen-bond acceptors (Lipinski definition) is 7. The SMILES string of the molecule is CCN(CC)CCOc1cc(NC(=O)c2ccc(-n3cnnn3)cc2)ccc1OC. The van der Waals surface area contributed by atoms with Crippen molar-refractivity contribution in [2.24, 2.45) is 0 Å². The van der Waals surface area contributed by atoms with Crippen molar-refractivity contribution < 1.29 is 14.3 Å². The highest BCUT2D eigenvalue weighted by Gasteiger charge is 2.11. The van der Waals surface area contributed by atoms with Crippen LogP contribution in [-0.4, -0.2) is 64.4 Å². The topological polar surface area (TPSA) is 94.4 Å². The van der Waals surface area contributed by atoms with Gasteiger partial charge in [0.05, 0.1) is 12.8 Å². The number of ether oxygens (including phenoxy) is 2. The maximum atomic E-state index is 12.6. The standard InChI is InChI=1S/C21H26N6O3/c1-4-26(5-2)12-13-30-20-14-17(8-11-19(20)29-3)23-21(28)16-6-9-18(10-7-16)27-15-22-24-25-27/h6-11,14-15H,4-5,12-13H2,1-3H3,(H,23,28). The average molecular weight is 410 g/mol. The first-order valence-electron chi connectivity index (χ1n) is 9.82. The summed E-state index contributed by atoms with van der Waals surface area (Å²) in [7, 11) is 1.59. The minimum atomic E-state index is -0.225. The Kier molecular flexibility index (Phi) is 7.34. The predicted octanol–water partition coefficient (Wildman–Crippen LogP) is 2.64. The van der Waals surface area contributed by atoms with Crippen LogP contribution in [0.25, 0.3) is 5.69 Å². The molecule has 1 amide bonds. The number of anilines is 1. The molecule has 1 N–H and O–H groups in total. The lowest BCUT2D eigenvalue weighted by Gasteiger charge is -2.19. The zero-order valence-corrected chi connectivity index (χ0v) is 17.4. The number of carbonyl (C=O) groups is 1. The van der Waals surface area contributed by atoms with Crippen LogP contribution in [0, 0.1) is 0 Å². The maximum Gasteiger partial charge on any atom is 0.255 e. The van der Waals surface area contributed by atoms with Gasteiger partial charge in [-0.3, -0.25) is 4.79 Å². The molecule has 0 atom stereocenters. The van der Waals surface area contributed by atoms with E-state index in [1.807, 2.05) is 0 Å². The number of tetrazole rings is 1. The second kappa shape index (κ2) is 10.4. The van der Waals surface area contributed by atoms with E-state index in [0.717, 1.165) is 25.3 Å². The Morgan fingerprint density at radius 1 is 1.10 bits per heavy atom. The molecule has 1 aromatic heterocycles. The fourth-order valence-electron chi connectivity index (χ4n) is 2.94. The molecule has 0 aliphatic rings. The second-order valence-electron chi connectivity index (χ2n) is 6.50. The van der Waals surface area contributed by atoms with Gasteiger partial charge in [0.15, 0.2) is 11.5 Å². The number of likely N-dealkylation sites (N-methyl/N-ethyl adjacent to an activating group) is 1. The third-order valence-electron chi connectivity index (χ3n) is 4.72. The Labute approximate surface area is 175 Å². The molecule has 0 aliphatic carbocycles. The highest BCUT2D eigenvalue weighted by atomic mass is 16.5. The van der Waals surface area contributed by atoms with Gasteiger partial charge < -0.3 is 19.7 Å². The van der Waals surface area contributed by atoms with Gasteiger partial charge in [-0.1, -0.05) is 13.8 Å². The van der Waals surface area contributed by atoms with E-state index >= 15 is 0 Å². The highest BCUT2D eigenvalue weighted by molar-refractivity contribution is 6.04. The first-order chi connectivity index (χ1) is 14.6. The molecule has 9 nitrogen and oxygen atoms in total. The molecule has 0 unspecified atom stereocenters. The van der Waals surface area contributed by atoms with Gasteiger partial charge in [0, 0.05) is 23.9 Å². The monoisotopic (exact) mass is 410 g/mol. The number of amides is 1. The molecule has 3 rings (SSSR count). The molecule has 30 heavy (non-hydrogen) atoms. The molecule has 2 aromatic carbocycles. The third kappa shape index (κ3) is 5.32. The van der Waals surface area contributed by atoms with Gasteiger partial charge in [0.1, 0.15) is 12.9 Å². The van der Waals surface area contributed by atoms with Crippen LogP contribution in [0.5, 0.6) is 11.5 Å². The molecule has 0 bridgehead atoms.